The lowest BCUT2D eigenvalue weighted by atomic mass is 9.66. The van der Waals surface area contributed by atoms with E-state index < -0.39 is 0 Å². The van der Waals surface area contributed by atoms with Gasteiger partial charge in [0.05, 0.1) is 0 Å². The largest absolute Gasteiger partial charge is 0.0654 e. The van der Waals surface area contributed by atoms with Crippen molar-refractivity contribution in [2.75, 3.05) is 0 Å². The van der Waals surface area contributed by atoms with Crippen LogP contribution in [-0.2, 0) is 0 Å². The molecule has 0 nitrogen and oxygen atoms in total. The smallest absolute Gasteiger partial charge is 0.0275 e. The van der Waals surface area contributed by atoms with Crippen LogP contribution in [0.25, 0.3) is 0 Å². The van der Waals surface area contributed by atoms with Gasteiger partial charge < -0.3 is 0 Å². The van der Waals surface area contributed by atoms with E-state index in [1.54, 1.807) is 0 Å². The van der Waals surface area contributed by atoms with Crippen LogP contribution in [0.15, 0.2) is 0 Å². The first kappa shape index (κ1) is 14.0. The van der Waals surface area contributed by atoms with Crippen molar-refractivity contribution in [3.8, 4) is 0 Å². The predicted octanol–water partition coefficient (Wildman–Crippen LogP) is 5.42. The Labute approximate surface area is 91.5 Å². The van der Waals surface area contributed by atoms with Gasteiger partial charge in [0.2, 0.25) is 0 Å². The molecule has 0 aliphatic heterocycles. The number of hydrogen-bond donors (Lipinski definition) is 0. The summed E-state index contributed by atoms with van der Waals surface area (Å²) in [5, 5.41) is 0. The van der Waals surface area contributed by atoms with E-state index in [-0.39, 0.29) is 0 Å². The number of unbranched alkanes of at least 4 members (excludes halogenated alkanes) is 1. The van der Waals surface area contributed by atoms with Gasteiger partial charge in [0, 0.05) is 0 Å². The average Bonchev–Trinajstić information content (AvgIpc) is 2.24. The molecule has 0 radical (unpaired) electrons. The highest BCUT2D eigenvalue weighted by molar-refractivity contribution is 4.83. The van der Waals surface area contributed by atoms with Crippen LogP contribution in [0.3, 0.4) is 0 Å². The lowest BCUT2D eigenvalue weighted by Crippen LogP contribution is -2.28. The van der Waals surface area contributed by atoms with Gasteiger partial charge in [0.25, 0.3) is 0 Å². The van der Waals surface area contributed by atoms with Crippen molar-refractivity contribution < 1.29 is 0 Å². The zero-order valence-electron chi connectivity index (χ0n) is 11.0. The Kier molecular flexibility index (Phi) is 7.31. The van der Waals surface area contributed by atoms with E-state index in [1.165, 1.54) is 44.9 Å². The minimum absolute atomic E-state index is 0.652. The summed E-state index contributed by atoms with van der Waals surface area (Å²) in [5.74, 6) is 0.948. The van der Waals surface area contributed by atoms with Crippen molar-refractivity contribution in [2.45, 2.75) is 79.6 Å². The number of rotatable bonds is 8. The van der Waals surface area contributed by atoms with Gasteiger partial charge in [-0.15, -0.1) is 0 Å². The van der Waals surface area contributed by atoms with E-state index >= 15 is 0 Å². The first-order valence-electron chi connectivity index (χ1n) is 6.70. The summed E-state index contributed by atoms with van der Waals surface area (Å²) in [6.07, 6.45) is 9.68. The summed E-state index contributed by atoms with van der Waals surface area (Å²) in [7, 11) is 0. The van der Waals surface area contributed by atoms with Crippen LogP contribution in [0.1, 0.15) is 79.6 Å². The van der Waals surface area contributed by atoms with Crippen LogP contribution < -0.4 is 0 Å². The Balaban J connectivity index is 4.47. The summed E-state index contributed by atoms with van der Waals surface area (Å²) < 4.78 is 0. The van der Waals surface area contributed by atoms with Crippen LogP contribution >= 0.6 is 0 Å². The molecular formula is C14H30. The maximum Gasteiger partial charge on any atom is -0.0275 e. The molecule has 0 amide bonds. The summed E-state index contributed by atoms with van der Waals surface area (Å²) in [6, 6.07) is 0. The third-order valence-corrected chi connectivity index (χ3v) is 4.29. The molecule has 0 heteroatoms. The van der Waals surface area contributed by atoms with E-state index in [9.17, 15) is 0 Å². The Morgan fingerprint density at radius 3 is 1.64 bits per heavy atom. The molecule has 0 aromatic heterocycles. The first-order chi connectivity index (χ1) is 6.70. The predicted molar refractivity (Wildman–Crippen MR) is 66.6 cm³/mol. The fourth-order valence-electron chi connectivity index (χ4n) is 3.07. The second kappa shape index (κ2) is 7.31. The van der Waals surface area contributed by atoms with Crippen LogP contribution in [0.2, 0.25) is 0 Å². The third kappa shape index (κ3) is 3.29. The molecular weight excluding hydrogens is 168 g/mol. The van der Waals surface area contributed by atoms with Crippen molar-refractivity contribution in [1.82, 2.24) is 0 Å². The zero-order valence-corrected chi connectivity index (χ0v) is 11.0. The second-order valence-corrected chi connectivity index (χ2v) is 4.69. The molecule has 0 atom stereocenters. The maximum atomic E-state index is 2.39. The van der Waals surface area contributed by atoms with Gasteiger partial charge in [-0.2, -0.15) is 0 Å². The molecule has 0 aromatic carbocycles. The fraction of sp³-hybridized carbons (Fsp3) is 1.00. The van der Waals surface area contributed by atoms with Gasteiger partial charge >= 0.3 is 0 Å². The molecule has 0 N–H and O–H groups in total. The van der Waals surface area contributed by atoms with Gasteiger partial charge in [-0.05, 0) is 17.8 Å². The first-order valence-corrected chi connectivity index (χ1v) is 6.70. The molecule has 0 unspecified atom stereocenters. The Bertz CT molecular complexity index is 118. The SMILES string of the molecule is CCCCC(CC)(CC)C(CC)CC. The van der Waals surface area contributed by atoms with Gasteiger partial charge in [-0.1, -0.05) is 73.1 Å². The molecule has 0 fully saturated rings. The van der Waals surface area contributed by atoms with Crippen LogP contribution in [-0.4, -0.2) is 0 Å². The van der Waals surface area contributed by atoms with Crippen molar-refractivity contribution >= 4 is 0 Å². The summed E-state index contributed by atoms with van der Waals surface area (Å²) in [4.78, 5) is 0. The van der Waals surface area contributed by atoms with Gasteiger partial charge in [-0.25, -0.2) is 0 Å². The summed E-state index contributed by atoms with van der Waals surface area (Å²) in [6.45, 7) is 11.8. The standard InChI is InChI=1S/C14H30/c1-6-11-12-14(9-4,10-5)13(7-2)8-3/h13H,6-12H2,1-5H3. The Hall–Kier alpha value is 0. The minimum Gasteiger partial charge on any atom is -0.0654 e. The Morgan fingerprint density at radius 2 is 1.36 bits per heavy atom. The quantitative estimate of drug-likeness (QED) is 0.488. The van der Waals surface area contributed by atoms with Crippen molar-refractivity contribution in [3.05, 3.63) is 0 Å². The van der Waals surface area contributed by atoms with Gasteiger partial charge in [0.1, 0.15) is 0 Å². The average molecular weight is 198 g/mol. The third-order valence-electron chi connectivity index (χ3n) is 4.29. The molecule has 0 rings (SSSR count). The van der Waals surface area contributed by atoms with E-state index in [2.05, 4.69) is 34.6 Å². The summed E-state index contributed by atoms with van der Waals surface area (Å²) in [5.41, 5.74) is 0.652. The normalized spacial score (nSPS) is 12.4. The molecule has 0 aliphatic rings. The summed E-state index contributed by atoms with van der Waals surface area (Å²) >= 11 is 0. The lowest BCUT2D eigenvalue weighted by molar-refractivity contribution is 0.115. The maximum absolute atomic E-state index is 2.39. The Morgan fingerprint density at radius 1 is 0.857 bits per heavy atom. The molecule has 0 bridgehead atoms. The van der Waals surface area contributed by atoms with Crippen LogP contribution in [0.5, 0.6) is 0 Å². The van der Waals surface area contributed by atoms with Crippen molar-refractivity contribution in [3.63, 3.8) is 0 Å². The van der Waals surface area contributed by atoms with Crippen molar-refractivity contribution in [1.29, 1.82) is 0 Å². The molecule has 0 heterocycles. The molecule has 0 saturated carbocycles. The second-order valence-electron chi connectivity index (χ2n) is 4.69. The zero-order chi connectivity index (χ0) is 11.0. The van der Waals surface area contributed by atoms with Crippen LogP contribution in [0, 0.1) is 11.3 Å². The van der Waals surface area contributed by atoms with E-state index in [0.717, 1.165) is 5.92 Å². The molecule has 0 spiro atoms. The van der Waals surface area contributed by atoms with Crippen molar-refractivity contribution in [2.24, 2.45) is 11.3 Å². The van der Waals surface area contributed by atoms with E-state index in [4.69, 9.17) is 0 Å². The van der Waals surface area contributed by atoms with Gasteiger partial charge in [-0.3, -0.25) is 0 Å². The molecule has 0 aliphatic carbocycles. The number of hydrogen-bond acceptors (Lipinski definition) is 0. The fourth-order valence-corrected chi connectivity index (χ4v) is 3.07. The highest BCUT2D eigenvalue weighted by Gasteiger charge is 2.32. The molecule has 86 valence electrons. The minimum atomic E-state index is 0.652. The molecule has 14 heavy (non-hydrogen) atoms. The molecule has 0 aromatic rings. The highest BCUT2D eigenvalue weighted by atomic mass is 14.4. The highest BCUT2D eigenvalue weighted by Crippen LogP contribution is 2.43. The van der Waals surface area contributed by atoms with Crippen LogP contribution in [0.4, 0.5) is 0 Å². The molecule has 0 saturated heterocycles. The lowest BCUT2D eigenvalue weighted by Gasteiger charge is -2.39. The van der Waals surface area contributed by atoms with E-state index in [0.29, 0.717) is 5.41 Å². The van der Waals surface area contributed by atoms with E-state index in [1.807, 2.05) is 0 Å². The monoisotopic (exact) mass is 198 g/mol. The topological polar surface area (TPSA) is 0 Å². The van der Waals surface area contributed by atoms with Gasteiger partial charge in [0.15, 0.2) is 0 Å².